The summed E-state index contributed by atoms with van der Waals surface area (Å²) >= 11 is 2.93. The summed E-state index contributed by atoms with van der Waals surface area (Å²) in [6, 6.07) is 6.92. The lowest BCUT2D eigenvalue weighted by Gasteiger charge is -2.35. The van der Waals surface area contributed by atoms with Crippen LogP contribution in [0.3, 0.4) is 0 Å². The van der Waals surface area contributed by atoms with E-state index in [9.17, 15) is 9.59 Å². The van der Waals surface area contributed by atoms with Crippen LogP contribution in [0.5, 0.6) is 0 Å². The van der Waals surface area contributed by atoms with Gasteiger partial charge in [0.1, 0.15) is 6.04 Å². The number of aromatic nitrogens is 2. The maximum atomic E-state index is 12.7. The lowest BCUT2D eigenvalue weighted by molar-refractivity contribution is -0.134. The third kappa shape index (κ3) is 4.72. The molecule has 0 bridgehead atoms. The predicted molar refractivity (Wildman–Crippen MR) is 111 cm³/mol. The molecule has 2 amide bonds. The first-order chi connectivity index (χ1) is 14.1. The Bertz CT molecular complexity index is 947. The predicted octanol–water partition coefficient (Wildman–Crippen LogP) is 2.32. The van der Waals surface area contributed by atoms with E-state index in [0.717, 1.165) is 4.88 Å². The molecule has 0 aromatic carbocycles. The Morgan fingerprint density at radius 2 is 1.93 bits per heavy atom. The van der Waals surface area contributed by atoms with E-state index in [-0.39, 0.29) is 11.8 Å². The highest BCUT2D eigenvalue weighted by atomic mass is 32.1. The van der Waals surface area contributed by atoms with E-state index in [1.54, 1.807) is 29.2 Å². The van der Waals surface area contributed by atoms with E-state index in [1.165, 1.54) is 11.3 Å². The zero-order chi connectivity index (χ0) is 20.2. The number of thiophene rings is 2. The normalized spacial score (nSPS) is 16.0. The topological polar surface area (TPSA) is 91.6 Å². The zero-order valence-electron chi connectivity index (χ0n) is 15.9. The molecule has 10 heteroatoms. The number of hydrogen-bond acceptors (Lipinski definition) is 8. The molecule has 8 nitrogen and oxygen atoms in total. The van der Waals surface area contributed by atoms with Crippen molar-refractivity contribution in [1.29, 1.82) is 0 Å². The number of amides is 2. The lowest BCUT2D eigenvalue weighted by Crippen LogP contribution is -2.53. The van der Waals surface area contributed by atoms with Crippen LogP contribution in [0, 0.1) is 0 Å². The van der Waals surface area contributed by atoms with Gasteiger partial charge in [-0.25, -0.2) is 0 Å². The minimum absolute atomic E-state index is 0.0627. The average Bonchev–Trinajstić information content (AvgIpc) is 3.49. The number of carbonyl (C=O) groups excluding carboxylic acids is 2. The van der Waals surface area contributed by atoms with E-state index in [4.69, 9.17) is 4.52 Å². The highest BCUT2D eigenvalue weighted by Crippen LogP contribution is 2.21. The Labute approximate surface area is 176 Å². The second kappa shape index (κ2) is 8.85. The van der Waals surface area contributed by atoms with Gasteiger partial charge in [-0.15, -0.1) is 22.7 Å². The van der Waals surface area contributed by atoms with Gasteiger partial charge >= 0.3 is 0 Å². The highest BCUT2D eigenvalue weighted by Gasteiger charge is 2.27. The SMILES string of the molecule is CC(NC(=O)c1cccs1)C(=O)N1CCN(Cc2nc(-c3cccs3)no2)CC1. The van der Waals surface area contributed by atoms with Crippen LogP contribution in [0.1, 0.15) is 22.5 Å². The second-order valence-corrected chi connectivity index (χ2v) is 8.66. The molecule has 1 N–H and O–H groups in total. The third-order valence-corrected chi connectivity index (χ3v) is 6.45. The molecule has 1 unspecified atom stereocenters. The van der Waals surface area contributed by atoms with E-state index in [1.807, 2.05) is 29.0 Å². The fourth-order valence-corrected chi connectivity index (χ4v) is 4.43. The molecule has 1 fully saturated rings. The molecule has 0 spiro atoms. The summed E-state index contributed by atoms with van der Waals surface area (Å²) in [5, 5.41) is 10.6. The van der Waals surface area contributed by atoms with Crippen LogP contribution in [0.15, 0.2) is 39.5 Å². The summed E-state index contributed by atoms with van der Waals surface area (Å²) in [5.41, 5.74) is 0. The first kappa shape index (κ1) is 19.7. The van der Waals surface area contributed by atoms with Crippen molar-refractivity contribution in [3.8, 4) is 10.7 Å². The number of piperazine rings is 1. The smallest absolute Gasteiger partial charge is 0.261 e. The monoisotopic (exact) mass is 431 g/mol. The average molecular weight is 432 g/mol. The first-order valence-corrected chi connectivity index (χ1v) is 11.1. The maximum Gasteiger partial charge on any atom is 0.261 e. The Kier molecular flexibility index (Phi) is 6.02. The van der Waals surface area contributed by atoms with Crippen LogP contribution in [0.2, 0.25) is 0 Å². The molecule has 0 aliphatic carbocycles. The molecule has 1 saturated heterocycles. The van der Waals surface area contributed by atoms with Gasteiger partial charge in [-0.3, -0.25) is 14.5 Å². The molecule has 4 rings (SSSR count). The molecule has 3 aromatic heterocycles. The van der Waals surface area contributed by atoms with E-state index < -0.39 is 6.04 Å². The molecule has 0 saturated carbocycles. The summed E-state index contributed by atoms with van der Waals surface area (Å²) in [6.07, 6.45) is 0. The summed E-state index contributed by atoms with van der Waals surface area (Å²) in [5.74, 6) is 0.911. The van der Waals surface area contributed by atoms with Crippen molar-refractivity contribution in [1.82, 2.24) is 25.3 Å². The standard InChI is InChI=1S/C19H21N5O3S2/c1-13(20-18(25)15-5-3-11-29-15)19(26)24-8-6-23(7-9-24)12-16-21-17(22-27-16)14-4-2-10-28-14/h2-5,10-11,13H,6-9,12H2,1H3,(H,20,25). The molecule has 29 heavy (non-hydrogen) atoms. The van der Waals surface area contributed by atoms with Gasteiger partial charge in [-0.2, -0.15) is 4.98 Å². The molecule has 1 aliphatic heterocycles. The number of hydrogen-bond donors (Lipinski definition) is 1. The van der Waals surface area contributed by atoms with Gasteiger partial charge in [0.05, 0.1) is 16.3 Å². The van der Waals surface area contributed by atoms with Crippen LogP contribution < -0.4 is 5.32 Å². The van der Waals surface area contributed by atoms with Crippen molar-refractivity contribution >= 4 is 34.5 Å². The third-order valence-electron chi connectivity index (χ3n) is 4.72. The van der Waals surface area contributed by atoms with Gasteiger partial charge in [-0.05, 0) is 29.8 Å². The summed E-state index contributed by atoms with van der Waals surface area (Å²) < 4.78 is 5.36. The maximum absolute atomic E-state index is 12.7. The Morgan fingerprint density at radius 3 is 2.62 bits per heavy atom. The summed E-state index contributed by atoms with van der Waals surface area (Å²) in [7, 11) is 0. The molecule has 3 aromatic rings. The first-order valence-electron chi connectivity index (χ1n) is 9.32. The van der Waals surface area contributed by atoms with Crippen molar-refractivity contribution in [2.75, 3.05) is 26.2 Å². The van der Waals surface area contributed by atoms with Crippen molar-refractivity contribution in [3.63, 3.8) is 0 Å². The molecule has 4 heterocycles. The summed E-state index contributed by atoms with van der Waals surface area (Å²) in [4.78, 5) is 34.8. The van der Waals surface area contributed by atoms with Gasteiger partial charge in [0.15, 0.2) is 0 Å². The van der Waals surface area contributed by atoms with Gasteiger partial charge in [0.25, 0.3) is 5.91 Å². The lowest BCUT2D eigenvalue weighted by atomic mass is 10.2. The van der Waals surface area contributed by atoms with Gasteiger partial charge < -0.3 is 14.7 Å². The molecule has 1 aliphatic rings. The van der Waals surface area contributed by atoms with Crippen LogP contribution >= 0.6 is 22.7 Å². The van der Waals surface area contributed by atoms with Crippen LogP contribution in [-0.4, -0.2) is 64.0 Å². The second-order valence-electron chi connectivity index (χ2n) is 6.76. The van der Waals surface area contributed by atoms with Crippen LogP contribution in [0.25, 0.3) is 10.7 Å². The largest absolute Gasteiger partial charge is 0.340 e. The van der Waals surface area contributed by atoms with Gasteiger partial charge in [0, 0.05) is 26.2 Å². The minimum atomic E-state index is -0.555. The Hall–Kier alpha value is -2.56. The fraction of sp³-hybridized carbons (Fsp3) is 0.368. The molecular weight excluding hydrogens is 410 g/mol. The Balaban J connectivity index is 1.25. The van der Waals surface area contributed by atoms with E-state index in [0.29, 0.717) is 49.3 Å². The number of carbonyl (C=O) groups is 2. The van der Waals surface area contributed by atoms with Crippen LogP contribution in [0.4, 0.5) is 0 Å². The Morgan fingerprint density at radius 1 is 1.17 bits per heavy atom. The van der Waals surface area contributed by atoms with Crippen LogP contribution in [-0.2, 0) is 11.3 Å². The quantitative estimate of drug-likeness (QED) is 0.644. The zero-order valence-corrected chi connectivity index (χ0v) is 17.5. The summed E-state index contributed by atoms with van der Waals surface area (Å²) in [6.45, 7) is 4.92. The molecular formula is C19H21N5O3S2. The van der Waals surface area contributed by atoms with Gasteiger partial charge in [-0.1, -0.05) is 17.3 Å². The number of nitrogens with one attached hydrogen (secondary N) is 1. The molecule has 1 atom stereocenters. The van der Waals surface area contributed by atoms with E-state index in [2.05, 4.69) is 20.4 Å². The highest BCUT2D eigenvalue weighted by molar-refractivity contribution is 7.13. The van der Waals surface area contributed by atoms with Crippen molar-refractivity contribution in [3.05, 3.63) is 45.8 Å². The van der Waals surface area contributed by atoms with Crippen molar-refractivity contribution in [2.45, 2.75) is 19.5 Å². The van der Waals surface area contributed by atoms with E-state index >= 15 is 0 Å². The minimum Gasteiger partial charge on any atom is -0.340 e. The van der Waals surface area contributed by atoms with Crippen molar-refractivity contribution < 1.29 is 14.1 Å². The number of nitrogens with zero attached hydrogens (tertiary/aromatic N) is 4. The fourth-order valence-electron chi connectivity index (χ4n) is 3.15. The molecule has 0 radical (unpaired) electrons. The number of rotatable bonds is 6. The molecule has 152 valence electrons. The van der Waals surface area contributed by atoms with Crippen molar-refractivity contribution in [2.24, 2.45) is 0 Å². The van der Waals surface area contributed by atoms with Gasteiger partial charge in [0.2, 0.25) is 17.6 Å².